The second kappa shape index (κ2) is 8.24. The lowest BCUT2D eigenvalue weighted by Gasteiger charge is -2.13. The molecule has 0 fully saturated rings. The van der Waals surface area contributed by atoms with Gasteiger partial charge in [0.25, 0.3) is 5.91 Å². The lowest BCUT2D eigenvalue weighted by atomic mass is 10.1. The fourth-order valence-corrected chi connectivity index (χ4v) is 1.98. The number of unbranched alkanes of at least 4 members (excludes halogenated alkanes) is 3. The van der Waals surface area contributed by atoms with Gasteiger partial charge in [0, 0.05) is 12.7 Å². The van der Waals surface area contributed by atoms with Crippen molar-refractivity contribution in [2.75, 3.05) is 0 Å². The highest BCUT2D eigenvalue weighted by Crippen LogP contribution is 2.08. The van der Waals surface area contributed by atoms with Crippen LogP contribution in [-0.2, 0) is 11.8 Å². The number of allylic oxidation sites excluding steroid dienone is 1. The molecule has 6 nitrogen and oxygen atoms in total. The zero-order chi connectivity index (χ0) is 15.8. The number of carboxylic acid groups (broad SMARTS) is 1. The number of nitrogens with one attached hydrogen (secondary N) is 1. The van der Waals surface area contributed by atoms with Gasteiger partial charge in [0.15, 0.2) is 0 Å². The highest BCUT2D eigenvalue weighted by molar-refractivity contribution is 5.95. The molecule has 0 aliphatic heterocycles. The monoisotopic (exact) mass is 293 g/mol. The molecule has 2 N–H and O–H groups in total. The minimum Gasteiger partial charge on any atom is -0.480 e. The Balaban J connectivity index is 2.51. The predicted octanol–water partition coefficient (Wildman–Crippen LogP) is 2.05. The summed E-state index contributed by atoms with van der Waals surface area (Å²) in [5.74, 6) is -1.46. The minimum atomic E-state index is -1.01. The lowest BCUT2D eigenvalue weighted by molar-refractivity contribution is -0.139. The van der Waals surface area contributed by atoms with E-state index in [0.29, 0.717) is 6.42 Å². The fourth-order valence-electron chi connectivity index (χ4n) is 1.98. The number of aliphatic carboxylic acids is 1. The van der Waals surface area contributed by atoms with Gasteiger partial charge in [-0.15, -0.1) is 6.58 Å². The average molecular weight is 293 g/mol. The van der Waals surface area contributed by atoms with Crippen LogP contribution in [0, 0.1) is 6.92 Å². The predicted molar refractivity (Wildman–Crippen MR) is 80.1 cm³/mol. The Hall–Kier alpha value is -2.11. The first-order valence-corrected chi connectivity index (χ1v) is 7.11. The molecule has 1 aromatic heterocycles. The highest BCUT2D eigenvalue weighted by Gasteiger charge is 2.21. The number of hydrogen-bond donors (Lipinski definition) is 2. The van der Waals surface area contributed by atoms with Crippen LogP contribution in [0.25, 0.3) is 0 Å². The normalized spacial score (nSPS) is 11.9. The van der Waals surface area contributed by atoms with Crippen LogP contribution in [0.4, 0.5) is 0 Å². The van der Waals surface area contributed by atoms with Crippen LogP contribution >= 0.6 is 0 Å². The van der Waals surface area contributed by atoms with E-state index >= 15 is 0 Å². The number of carboxylic acids is 1. The summed E-state index contributed by atoms with van der Waals surface area (Å²) < 4.78 is 1.58. The quantitative estimate of drug-likeness (QED) is 0.539. The van der Waals surface area contributed by atoms with E-state index in [9.17, 15) is 14.7 Å². The molecule has 1 aromatic rings. The Morgan fingerprint density at radius 1 is 1.48 bits per heavy atom. The van der Waals surface area contributed by atoms with Gasteiger partial charge in [0.2, 0.25) is 0 Å². The van der Waals surface area contributed by atoms with Crippen molar-refractivity contribution in [2.45, 2.75) is 45.1 Å². The zero-order valence-electron chi connectivity index (χ0n) is 12.6. The third kappa shape index (κ3) is 5.41. The van der Waals surface area contributed by atoms with Crippen LogP contribution in [0.5, 0.6) is 0 Å². The van der Waals surface area contributed by atoms with Crippen molar-refractivity contribution in [1.82, 2.24) is 15.1 Å². The van der Waals surface area contributed by atoms with E-state index in [1.54, 1.807) is 17.8 Å². The topological polar surface area (TPSA) is 84.2 Å². The average Bonchev–Trinajstić information content (AvgIpc) is 2.77. The number of aryl methyl sites for hydroxylation is 2. The van der Waals surface area contributed by atoms with E-state index in [1.807, 2.05) is 13.0 Å². The molecule has 1 heterocycles. The van der Waals surface area contributed by atoms with Crippen molar-refractivity contribution < 1.29 is 14.7 Å². The van der Waals surface area contributed by atoms with Crippen LogP contribution in [-0.4, -0.2) is 32.8 Å². The van der Waals surface area contributed by atoms with Gasteiger partial charge in [-0.1, -0.05) is 18.9 Å². The Labute approximate surface area is 124 Å². The third-order valence-electron chi connectivity index (χ3n) is 3.35. The van der Waals surface area contributed by atoms with Crippen LogP contribution in [0.2, 0.25) is 0 Å². The van der Waals surface area contributed by atoms with Crippen molar-refractivity contribution >= 4 is 11.9 Å². The molecule has 1 atom stereocenters. The minimum absolute atomic E-state index is 0.243. The van der Waals surface area contributed by atoms with Crippen LogP contribution < -0.4 is 5.32 Å². The van der Waals surface area contributed by atoms with E-state index < -0.39 is 17.9 Å². The number of carbonyl (C=O) groups is 2. The maximum Gasteiger partial charge on any atom is 0.326 e. The fraction of sp³-hybridized carbons (Fsp3) is 0.533. The molecular weight excluding hydrogens is 270 g/mol. The summed E-state index contributed by atoms with van der Waals surface area (Å²) in [4.78, 5) is 23.2. The number of amides is 1. The number of nitrogens with zero attached hydrogens (tertiary/aromatic N) is 2. The summed E-state index contributed by atoms with van der Waals surface area (Å²) in [5, 5.41) is 15.7. The molecule has 1 unspecified atom stereocenters. The van der Waals surface area contributed by atoms with Gasteiger partial charge in [-0.3, -0.25) is 9.48 Å². The van der Waals surface area contributed by atoms with E-state index in [0.717, 1.165) is 31.4 Å². The van der Waals surface area contributed by atoms with Gasteiger partial charge in [0.05, 0.1) is 0 Å². The van der Waals surface area contributed by atoms with Gasteiger partial charge in [0.1, 0.15) is 11.7 Å². The van der Waals surface area contributed by atoms with Gasteiger partial charge in [-0.2, -0.15) is 5.10 Å². The maximum atomic E-state index is 12.0. The Bertz CT molecular complexity index is 489. The van der Waals surface area contributed by atoms with Gasteiger partial charge in [-0.25, -0.2) is 4.79 Å². The molecule has 116 valence electrons. The van der Waals surface area contributed by atoms with Gasteiger partial charge < -0.3 is 10.4 Å². The molecule has 0 saturated heterocycles. The third-order valence-corrected chi connectivity index (χ3v) is 3.35. The van der Waals surface area contributed by atoms with Crippen LogP contribution in [0.15, 0.2) is 18.7 Å². The first kappa shape index (κ1) is 16.9. The summed E-state index contributed by atoms with van der Waals surface area (Å²) in [7, 11) is 1.74. The summed E-state index contributed by atoms with van der Waals surface area (Å²) in [6.07, 6.45) is 5.87. The maximum absolute atomic E-state index is 12.0. The van der Waals surface area contributed by atoms with E-state index in [-0.39, 0.29) is 5.69 Å². The molecule has 0 bridgehead atoms. The number of carbonyl (C=O) groups excluding carboxylic acids is 1. The number of aromatic nitrogens is 2. The van der Waals surface area contributed by atoms with Crippen molar-refractivity contribution in [3.63, 3.8) is 0 Å². The Morgan fingerprint density at radius 3 is 2.71 bits per heavy atom. The summed E-state index contributed by atoms with van der Waals surface area (Å²) in [5.41, 5.74) is 1.09. The first-order chi connectivity index (χ1) is 9.95. The molecular formula is C15H23N3O3. The molecule has 0 radical (unpaired) electrons. The summed E-state index contributed by atoms with van der Waals surface area (Å²) >= 11 is 0. The first-order valence-electron chi connectivity index (χ1n) is 7.11. The zero-order valence-corrected chi connectivity index (χ0v) is 12.6. The molecule has 6 heteroatoms. The van der Waals surface area contributed by atoms with Crippen molar-refractivity contribution in [1.29, 1.82) is 0 Å². The van der Waals surface area contributed by atoms with Crippen molar-refractivity contribution in [3.8, 4) is 0 Å². The second-order valence-electron chi connectivity index (χ2n) is 5.09. The molecule has 0 spiro atoms. The van der Waals surface area contributed by atoms with Crippen molar-refractivity contribution in [2.24, 2.45) is 7.05 Å². The number of hydrogen-bond acceptors (Lipinski definition) is 3. The van der Waals surface area contributed by atoms with Gasteiger partial charge >= 0.3 is 5.97 Å². The molecule has 21 heavy (non-hydrogen) atoms. The number of rotatable bonds is 9. The summed E-state index contributed by atoms with van der Waals surface area (Å²) in [6.45, 7) is 5.48. The standard InChI is InChI=1S/C15H23N3O3/c1-4-5-6-7-8-9-12(15(20)21)16-14(19)13-10-11(2)18(3)17-13/h4,10,12H,1,5-9H2,2-3H3,(H,16,19)(H,20,21). The van der Waals surface area contributed by atoms with Crippen LogP contribution in [0.1, 0.15) is 48.3 Å². The van der Waals surface area contributed by atoms with Gasteiger partial charge in [-0.05, 0) is 32.3 Å². The molecule has 0 aliphatic rings. The van der Waals surface area contributed by atoms with E-state index in [1.165, 1.54) is 0 Å². The highest BCUT2D eigenvalue weighted by atomic mass is 16.4. The SMILES string of the molecule is C=CCCCCCC(NC(=O)c1cc(C)n(C)n1)C(=O)O. The molecule has 0 aliphatic carbocycles. The molecule has 1 amide bonds. The molecule has 0 aromatic carbocycles. The largest absolute Gasteiger partial charge is 0.480 e. The van der Waals surface area contributed by atoms with E-state index in [4.69, 9.17) is 0 Å². The Morgan fingerprint density at radius 2 is 2.19 bits per heavy atom. The van der Waals surface area contributed by atoms with E-state index in [2.05, 4.69) is 17.0 Å². The summed E-state index contributed by atoms with van der Waals surface area (Å²) in [6, 6.07) is 0.766. The van der Waals surface area contributed by atoms with Crippen LogP contribution in [0.3, 0.4) is 0 Å². The lowest BCUT2D eigenvalue weighted by Crippen LogP contribution is -2.40. The second-order valence-corrected chi connectivity index (χ2v) is 5.09. The Kier molecular flexibility index (Phi) is 6.65. The van der Waals surface area contributed by atoms with Crippen molar-refractivity contribution in [3.05, 3.63) is 30.1 Å². The molecule has 0 saturated carbocycles. The smallest absolute Gasteiger partial charge is 0.326 e. The molecule has 1 rings (SSSR count).